The predicted octanol–water partition coefficient (Wildman–Crippen LogP) is 1.67. The van der Waals surface area contributed by atoms with E-state index >= 15 is 0 Å². The van der Waals surface area contributed by atoms with Gasteiger partial charge in [0.15, 0.2) is 0 Å². The highest BCUT2D eigenvalue weighted by Gasteiger charge is 2.54. The molecule has 24 heavy (non-hydrogen) atoms. The third kappa shape index (κ3) is 3.18. The van der Waals surface area contributed by atoms with Crippen molar-refractivity contribution in [2.24, 2.45) is 17.1 Å². The van der Waals surface area contributed by atoms with Gasteiger partial charge in [0.25, 0.3) is 0 Å². The van der Waals surface area contributed by atoms with Gasteiger partial charge >= 0.3 is 0 Å². The Kier molecular flexibility index (Phi) is 4.90. The smallest absolute Gasteiger partial charge is 0.239 e. The first-order valence-electron chi connectivity index (χ1n) is 8.91. The van der Waals surface area contributed by atoms with E-state index < -0.39 is 11.9 Å². The zero-order valence-corrected chi connectivity index (χ0v) is 14.3. The van der Waals surface area contributed by atoms with Crippen LogP contribution in [0.1, 0.15) is 38.2 Å². The van der Waals surface area contributed by atoms with E-state index in [1.165, 1.54) is 5.56 Å². The third-order valence-corrected chi connectivity index (χ3v) is 5.70. The van der Waals surface area contributed by atoms with Gasteiger partial charge in [0.05, 0.1) is 5.41 Å². The number of primary amides is 1. The van der Waals surface area contributed by atoms with Crippen molar-refractivity contribution < 1.29 is 9.59 Å². The van der Waals surface area contributed by atoms with E-state index in [4.69, 9.17) is 5.73 Å². The van der Waals surface area contributed by atoms with E-state index in [-0.39, 0.29) is 11.3 Å². The van der Waals surface area contributed by atoms with Crippen molar-refractivity contribution in [1.82, 2.24) is 10.2 Å². The second kappa shape index (κ2) is 6.93. The molecule has 1 saturated heterocycles. The lowest BCUT2D eigenvalue weighted by Crippen LogP contribution is -2.51. The van der Waals surface area contributed by atoms with E-state index in [2.05, 4.69) is 22.3 Å². The molecule has 1 aromatic rings. The average Bonchev–Trinajstić information content (AvgIpc) is 3.10. The Morgan fingerprint density at radius 3 is 2.79 bits per heavy atom. The van der Waals surface area contributed by atoms with Gasteiger partial charge in [-0.1, -0.05) is 43.7 Å². The lowest BCUT2D eigenvalue weighted by atomic mass is 9.79. The maximum absolute atomic E-state index is 13.0. The molecule has 0 radical (unpaired) electrons. The van der Waals surface area contributed by atoms with Crippen LogP contribution in [-0.2, 0) is 16.1 Å². The standard InChI is InChI=1S/C19H27N3O2/c1-2-16(17(20)23)21-18(24)19-10-6-9-15(19)12-22(13-19)11-14-7-4-3-5-8-14/h3-5,7-8,15-16H,2,6,9-13H2,1H3,(H2,20,23)(H,21,24)/t15-,16?,19-/m0/s1. The van der Waals surface area contributed by atoms with Crippen LogP contribution in [-0.4, -0.2) is 35.8 Å². The van der Waals surface area contributed by atoms with E-state index in [1.807, 2.05) is 25.1 Å². The average molecular weight is 329 g/mol. The van der Waals surface area contributed by atoms with Crippen molar-refractivity contribution in [3.8, 4) is 0 Å². The minimum atomic E-state index is -0.559. The van der Waals surface area contributed by atoms with Crippen molar-refractivity contribution in [2.75, 3.05) is 13.1 Å². The monoisotopic (exact) mass is 329 g/mol. The molecular weight excluding hydrogens is 302 g/mol. The summed E-state index contributed by atoms with van der Waals surface area (Å²) in [6, 6.07) is 9.81. The van der Waals surface area contributed by atoms with Crippen LogP contribution in [0.5, 0.6) is 0 Å². The van der Waals surface area contributed by atoms with E-state index in [1.54, 1.807) is 0 Å². The zero-order chi connectivity index (χ0) is 17.2. The summed E-state index contributed by atoms with van der Waals surface area (Å²) in [5.74, 6) is -0.0475. The van der Waals surface area contributed by atoms with Crippen molar-refractivity contribution in [2.45, 2.75) is 45.2 Å². The van der Waals surface area contributed by atoms with Crippen LogP contribution < -0.4 is 11.1 Å². The number of rotatable bonds is 6. The lowest BCUT2D eigenvalue weighted by Gasteiger charge is -2.29. The molecule has 130 valence electrons. The summed E-state index contributed by atoms with van der Waals surface area (Å²) in [7, 11) is 0. The maximum atomic E-state index is 13.0. The maximum Gasteiger partial charge on any atom is 0.239 e. The van der Waals surface area contributed by atoms with Crippen LogP contribution >= 0.6 is 0 Å². The fraction of sp³-hybridized carbons (Fsp3) is 0.579. The largest absolute Gasteiger partial charge is 0.368 e. The number of nitrogens with zero attached hydrogens (tertiary/aromatic N) is 1. The summed E-state index contributed by atoms with van der Waals surface area (Å²) < 4.78 is 0. The number of hydrogen-bond acceptors (Lipinski definition) is 3. The number of nitrogens with two attached hydrogens (primary N) is 1. The summed E-state index contributed by atoms with van der Waals surface area (Å²) in [5, 5.41) is 2.91. The summed E-state index contributed by atoms with van der Waals surface area (Å²) in [6.45, 7) is 4.47. The highest BCUT2D eigenvalue weighted by atomic mass is 16.2. The molecule has 5 heteroatoms. The van der Waals surface area contributed by atoms with Gasteiger partial charge in [0, 0.05) is 19.6 Å². The molecule has 0 aromatic heterocycles. The van der Waals surface area contributed by atoms with Crippen LogP contribution in [0.3, 0.4) is 0 Å². The fourth-order valence-electron chi connectivity index (χ4n) is 4.40. The molecule has 2 amide bonds. The third-order valence-electron chi connectivity index (χ3n) is 5.70. The molecule has 1 aliphatic carbocycles. The predicted molar refractivity (Wildman–Crippen MR) is 92.9 cm³/mol. The van der Waals surface area contributed by atoms with Gasteiger partial charge in [0.2, 0.25) is 11.8 Å². The van der Waals surface area contributed by atoms with E-state index in [9.17, 15) is 9.59 Å². The summed E-state index contributed by atoms with van der Waals surface area (Å²) in [4.78, 5) is 26.8. The molecule has 3 N–H and O–H groups in total. The molecule has 1 unspecified atom stereocenters. The van der Waals surface area contributed by atoms with Crippen LogP contribution in [0, 0.1) is 11.3 Å². The fourth-order valence-corrected chi connectivity index (χ4v) is 4.40. The van der Waals surface area contributed by atoms with Crippen LogP contribution in [0.4, 0.5) is 0 Å². The van der Waals surface area contributed by atoms with Gasteiger partial charge in [-0.2, -0.15) is 0 Å². The number of carbonyl (C=O) groups excluding carboxylic acids is 2. The molecule has 2 aliphatic rings. The quantitative estimate of drug-likeness (QED) is 0.833. The van der Waals surface area contributed by atoms with Gasteiger partial charge < -0.3 is 11.1 Å². The number of likely N-dealkylation sites (tertiary alicyclic amines) is 1. The second-order valence-electron chi connectivity index (χ2n) is 7.24. The topological polar surface area (TPSA) is 75.4 Å². The molecule has 1 aromatic carbocycles. The van der Waals surface area contributed by atoms with Crippen LogP contribution in [0.2, 0.25) is 0 Å². The van der Waals surface area contributed by atoms with E-state index in [0.29, 0.717) is 12.3 Å². The van der Waals surface area contributed by atoms with Crippen molar-refractivity contribution in [1.29, 1.82) is 0 Å². The Hall–Kier alpha value is -1.88. The van der Waals surface area contributed by atoms with Crippen molar-refractivity contribution >= 4 is 11.8 Å². The Balaban J connectivity index is 1.71. The molecule has 3 rings (SSSR count). The normalized spacial score (nSPS) is 27.6. The first-order chi connectivity index (χ1) is 11.5. The van der Waals surface area contributed by atoms with Crippen LogP contribution in [0.15, 0.2) is 30.3 Å². The number of hydrogen-bond donors (Lipinski definition) is 2. The molecule has 0 spiro atoms. The first-order valence-corrected chi connectivity index (χ1v) is 8.91. The molecule has 1 aliphatic heterocycles. The van der Waals surface area contributed by atoms with E-state index in [0.717, 1.165) is 38.9 Å². The minimum absolute atomic E-state index is 0.0196. The molecule has 2 fully saturated rings. The highest BCUT2D eigenvalue weighted by Crippen LogP contribution is 2.49. The Morgan fingerprint density at radius 2 is 2.12 bits per heavy atom. The zero-order valence-electron chi connectivity index (χ0n) is 14.3. The van der Waals surface area contributed by atoms with Gasteiger partial charge in [-0.3, -0.25) is 14.5 Å². The second-order valence-corrected chi connectivity index (χ2v) is 7.24. The molecular formula is C19H27N3O2. The molecule has 1 heterocycles. The first kappa shape index (κ1) is 17.0. The van der Waals surface area contributed by atoms with Crippen molar-refractivity contribution in [3.63, 3.8) is 0 Å². The Morgan fingerprint density at radius 1 is 1.38 bits per heavy atom. The number of benzene rings is 1. The minimum Gasteiger partial charge on any atom is -0.368 e. The van der Waals surface area contributed by atoms with Gasteiger partial charge in [-0.25, -0.2) is 0 Å². The SMILES string of the molecule is CCC(NC(=O)[C@]12CCC[C@H]1CN(Cc1ccccc1)C2)C(N)=O. The number of fused-ring (bicyclic) bond motifs is 1. The molecule has 1 saturated carbocycles. The molecule has 3 atom stereocenters. The lowest BCUT2D eigenvalue weighted by molar-refractivity contribution is -0.135. The van der Waals surface area contributed by atoms with Gasteiger partial charge in [0.1, 0.15) is 6.04 Å². The van der Waals surface area contributed by atoms with Gasteiger partial charge in [-0.15, -0.1) is 0 Å². The summed E-state index contributed by atoms with van der Waals surface area (Å²) in [5.41, 5.74) is 6.32. The Bertz CT molecular complexity index is 604. The number of amides is 2. The van der Waals surface area contributed by atoms with Gasteiger partial charge in [-0.05, 0) is 30.7 Å². The summed E-state index contributed by atoms with van der Waals surface area (Å²) in [6.07, 6.45) is 3.62. The molecule has 0 bridgehead atoms. The summed E-state index contributed by atoms with van der Waals surface area (Å²) >= 11 is 0. The molecule has 5 nitrogen and oxygen atoms in total. The highest BCUT2D eigenvalue weighted by molar-refractivity contribution is 5.90. The van der Waals surface area contributed by atoms with Crippen LogP contribution in [0.25, 0.3) is 0 Å². The Labute approximate surface area is 143 Å². The van der Waals surface area contributed by atoms with Crippen molar-refractivity contribution in [3.05, 3.63) is 35.9 Å². The number of carbonyl (C=O) groups is 2. The number of nitrogens with one attached hydrogen (secondary N) is 1.